The molecule has 1 heterocycles. The van der Waals surface area contributed by atoms with Gasteiger partial charge in [0.1, 0.15) is 11.1 Å². The molecule has 1 fully saturated rings. The monoisotopic (exact) mass is 529 g/mol. The Morgan fingerprint density at radius 1 is 1.22 bits per heavy atom. The van der Waals surface area contributed by atoms with Gasteiger partial charge in [-0.15, -0.1) is 0 Å². The summed E-state index contributed by atoms with van der Waals surface area (Å²) in [6, 6.07) is 9.13. The number of nitro groups is 1. The number of amides is 2. The fourth-order valence-corrected chi connectivity index (χ4v) is 4.43. The van der Waals surface area contributed by atoms with E-state index >= 15 is 0 Å². The minimum Gasteiger partial charge on any atom is -0.275 e. The summed E-state index contributed by atoms with van der Waals surface area (Å²) in [5, 5.41) is 10.7. The summed E-state index contributed by atoms with van der Waals surface area (Å²) in [6.07, 6.45) is -4.99. The third-order valence-electron chi connectivity index (χ3n) is 5.06. The number of nitrogens with zero attached hydrogens (tertiary/aromatic N) is 3. The molecule has 1 aliphatic rings. The van der Waals surface area contributed by atoms with Crippen LogP contribution in [0.3, 0.4) is 0 Å². The number of hydrogen-bond donors (Lipinski definition) is 0. The molecule has 0 aliphatic carbocycles. The van der Waals surface area contributed by atoms with Gasteiger partial charge in [0.25, 0.3) is 11.6 Å². The highest BCUT2D eigenvalue weighted by atomic mass is 79.9. The molecule has 2 aromatic carbocycles. The lowest BCUT2D eigenvalue weighted by atomic mass is 9.91. The van der Waals surface area contributed by atoms with Gasteiger partial charge in [-0.3, -0.25) is 29.5 Å². The van der Waals surface area contributed by atoms with E-state index in [4.69, 9.17) is 12.2 Å². The Hall–Kier alpha value is -2.86. The van der Waals surface area contributed by atoms with Crippen LogP contribution in [0.4, 0.5) is 24.5 Å². The van der Waals surface area contributed by atoms with E-state index in [1.807, 2.05) is 0 Å². The fourth-order valence-electron chi connectivity index (χ4n) is 3.65. The van der Waals surface area contributed by atoms with E-state index in [0.717, 1.165) is 20.3 Å². The van der Waals surface area contributed by atoms with Gasteiger partial charge >= 0.3 is 6.18 Å². The van der Waals surface area contributed by atoms with Gasteiger partial charge in [-0.2, -0.15) is 13.2 Å². The van der Waals surface area contributed by atoms with E-state index in [2.05, 4.69) is 15.9 Å². The highest BCUT2D eigenvalue weighted by Crippen LogP contribution is 2.41. The zero-order chi connectivity index (χ0) is 24.0. The lowest BCUT2D eigenvalue weighted by Crippen LogP contribution is -2.50. The molecule has 1 saturated heterocycles. The van der Waals surface area contributed by atoms with Crippen LogP contribution in [0.25, 0.3) is 0 Å². The number of halogens is 4. The molecular formula is C20H15BrF3N3O4S. The van der Waals surface area contributed by atoms with Crippen molar-refractivity contribution in [1.29, 1.82) is 0 Å². The number of hydrogen-bond acceptors (Lipinski definition) is 5. The Morgan fingerprint density at radius 2 is 1.81 bits per heavy atom. The maximum atomic E-state index is 13.4. The Kier molecular flexibility index (Phi) is 6.13. The van der Waals surface area contributed by atoms with E-state index in [9.17, 15) is 32.9 Å². The molecule has 0 saturated carbocycles. The molecule has 168 valence electrons. The van der Waals surface area contributed by atoms with Gasteiger partial charge in [0.2, 0.25) is 5.91 Å². The lowest BCUT2D eigenvalue weighted by Gasteiger charge is -2.30. The molecule has 2 amide bonds. The molecule has 0 N–H and O–H groups in total. The number of carbonyl (C=O) groups excluding carboxylic acids is 2. The first-order chi connectivity index (χ1) is 14.8. The molecule has 0 spiro atoms. The van der Waals surface area contributed by atoms with Crippen LogP contribution in [0.15, 0.2) is 46.9 Å². The molecule has 3 rings (SSSR count). The second kappa shape index (κ2) is 8.24. The van der Waals surface area contributed by atoms with Crippen molar-refractivity contribution in [3.8, 4) is 0 Å². The molecule has 0 aromatic heterocycles. The first-order valence-corrected chi connectivity index (χ1v) is 10.3. The maximum Gasteiger partial charge on any atom is 0.423 e. The summed E-state index contributed by atoms with van der Waals surface area (Å²) < 4.78 is 41.1. The number of carbonyl (C=O) groups is 2. The van der Waals surface area contributed by atoms with Crippen LogP contribution < -0.4 is 4.90 Å². The van der Waals surface area contributed by atoms with Crippen molar-refractivity contribution in [2.45, 2.75) is 32.0 Å². The van der Waals surface area contributed by atoms with Gasteiger partial charge in [-0.05, 0) is 49.0 Å². The van der Waals surface area contributed by atoms with Crippen LogP contribution in [-0.2, 0) is 22.2 Å². The van der Waals surface area contributed by atoms with Crippen molar-refractivity contribution in [2.75, 3.05) is 4.90 Å². The van der Waals surface area contributed by atoms with Gasteiger partial charge in [-0.25, -0.2) is 0 Å². The first-order valence-electron chi connectivity index (χ1n) is 9.07. The van der Waals surface area contributed by atoms with Gasteiger partial charge in [0.05, 0.1) is 10.6 Å². The third-order valence-corrected chi connectivity index (χ3v) is 5.95. The predicted molar refractivity (Wildman–Crippen MR) is 117 cm³/mol. The molecule has 1 unspecified atom stereocenters. The van der Waals surface area contributed by atoms with Crippen molar-refractivity contribution in [3.05, 3.63) is 68.2 Å². The normalized spacial score (nSPS) is 18.9. The topological polar surface area (TPSA) is 83.8 Å². The minimum absolute atomic E-state index is 0.0500. The smallest absolute Gasteiger partial charge is 0.275 e. The summed E-state index contributed by atoms with van der Waals surface area (Å²) in [7, 11) is 0. The fraction of sp³-hybridized carbons (Fsp3) is 0.250. The van der Waals surface area contributed by atoms with Crippen molar-refractivity contribution in [1.82, 2.24) is 4.90 Å². The van der Waals surface area contributed by atoms with E-state index < -0.39 is 39.7 Å². The summed E-state index contributed by atoms with van der Waals surface area (Å²) in [6.45, 7) is 2.67. The Labute approximate surface area is 194 Å². The molecule has 2 aromatic rings. The van der Waals surface area contributed by atoms with Crippen molar-refractivity contribution in [2.24, 2.45) is 0 Å². The van der Waals surface area contributed by atoms with Crippen LogP contribution in [0.2, 0.25) is 0 Å². The highest BCUT2D eigenvalue weighted by Gasteiger charge is 2.55. The summed E-state index contributed by atoms with van der Waals surface area (Å²) in [4.78, 5) is 37.6. The van der Waals surface area contributed by atoms with Crippen LogP contribution in [-0.4, -0.2) is 32.3 Å². The summed E-state index contributed by atoms with van der Waals surface area (Å²) >= 11 is 8.60. The number of rotatable bonds is 4. The standard InChI is InChI=1S/C20H15BrF3N3O4S/c1-11(28)26-18(32)25(14-7-8-16(27(30)31)15(9-14)20(22,23)24)17(29)19(26,2)10-12-3-5-13(21)6-4-12/h3-9H,10H2,1-2H3. The van der Waals surface area contributed by atoms with Gasteiger partial charge in [0.15, 0.2) is 5.11 Å². The summed E-state index contributed by atoms with van der Waals surface area (Å²) in [5.41, 5.74) is -3.80. The van der Waals surface area contributed by atoms with Crippen LogP contribution in [0.1, 0.15) is 25.0 Å². The van der Waals surface area contributed by atoms with Crippen LogP contribution in [0, 0.1) is 10.1 Å². The van der Waals surface area contributed by atoms with E-state index in [0.29, 0.717) is 17.7 Å². The van der Waals surface area contributed by atoms with E-state index in [1.54, 1.807) is 24.3 Å². The second-order valence-corrected chi connectivity index (χ2v) is 8.59. The second-order valence-electron chi connectivity index (χ2n) is 7.31. The highest BCUT2D eigenvalue weighted by molar-refractivity contribution is 9.10. The molecule has 12 heteroatoms. The molecule has 7 nitrogen and oxygen atoms in total. The number of alkyl halides is 3. The molecule has 1 atom stereocenters. The average molecular weight is 530 g/mol. The maximum absolute atomic E-state index is 13.4. The third kappa shape index (κ3) is 4.11. The van der Waals surface area contributed by atoms with Crippen molar-refractivity contribution >= 4 is 56.4 Å². The average Bonchev–Trinajstić information content (AvgIpc) is 2.88. The number of nitro benzene ring substituents is 1. The Balaban J connectivity index is 2.11. The van der Waals surface area contributed by atoms with E-state index in [1.165, 1.54) is 13.8 Å². The predicted octanol–water partition coefficient (Wildman–Crippen LogP) is 4.86. The number of thiocarbonyl (C=S) groups is 1. The zero-order valence-corrected chi connectivity index (χ0v) is 19.0. The van der Waals surface area contributed by atoms with Crippen LogP contribution >= 0.6 is 28.1 Å². The Bertz CT molecular complexity index is 1140. The molecule has 1 aliphatic heterocycles. The number of benzene rings is 2. The SMILES string of the molecule is CC(=O)N1C(=S)N(c2ccc([N+](=O)[O-])c(C(F)(F)F)c2)C(=O)C1(C)Cc1ccc(Br)cc1. The largest absolute Gasteiger partial charge is 0.423 e. The van der Waals surface area contributed by atoms with Gasteiger partial charge in [0, 0.05) is 23.9 Å². The van der Waals surface area contributed by atoms with Gasteiger partial charge < -0.3 is 0 Å². The Morgan fingerprint density at radius 3 is 2.31 bits per heavy atom. The lowest BCUT2D eigenvalue weighted by molar-refractivity contribution is -0.388. The van der Waals surface area contributed by atoms with Crippen molar-refractivity contribution < 1.29 is 27.7 Å². The molecule has 0 radical (unpaired) electrons. The zero-order valence-electron chi connectivity index (χ0n) is 16.6. The van der Waals surface area contributed by atoms with Crippen LogP contribution in [0.5, 0.6) is 0 Å². The molecular weight excluding hydrogens is 515 g/mol. The quantitative estimate of drug-likeness (QED) is 0.321. The minimum atomic E-state index is -5.04. The molecule has 32 heavy (non-hydrogen) atoms. The van der Waals surface area contributed by atoms with Gasteiger partial charge in [-0.1, -0.05) is 28.1 Å². The molecule has 0 bridgehead atoms. The number of anilines is 1. The first kappa shape index (κ1) is 23.8. The van der Waals surface area contributed by atoms with E-state index in [-0.39, 0.29) is 17.2 Å². The summed E-state index contributed by atoms with van der Waals surface area (Å²) in [5.74, 6) is -1.29. The van der Waals surface area contributed by atoms with Crippen molar-refractivity contribution in [3.63, 3.8) is 0 Å².